The van der Waals surface area contributed by atoms with Crippen molar-refractivity contribution in [3.63, 3.8) is 0 Å². The van der Waals surface area contributed by atoms with E-state index in [0.717, 1.165) is 27.7 Å². The number of halogens is 1. The lowest BCUT2D eigenvalue weighted by Crippen LogP contribution is -2.09. The van der Waals surface area contributed by atoms with Gasteiger partial charge in [0.05, 0.1) is 16.2 Å². The van der Waals surface area contributed by atoms with Crippen LogP contribution >= 0.6 is 11.6 Å². The van der Waals surface area contributed by atoms with Gasteiger partial charge >= 0.3 is 0 Å². The molecule has 21 heavy (non-hydrogen) atoms. The largest absolute Gasteiger partial charge is 0.506 e. The molecule has 0 fully saturated rings. The lowest BCUT2D eigenvalue weighted by Gasteiger charge is -2.15. The highest BCUT2D eigenvalue weighted by atomic mass is 35.5. The minimum Gasteiger partial charge on any atom is -0.506 e. The number of aromatic hydroxyl groups is 1. The monoisotopic (exact) mass is 297 g/mol. The van der Waals surface area contributed by atoms with Crippen LogP contribution < -0.4 is 4.90 Å². The zero-order valence-electron chi connectivity index (χ0n) is 11.8. The molecule has 0 amide bonds. The van der Waals surface area contributed by atoms with Gasteiger partial charge in [0.25, 0.3) is 0 Å². The fourth-order valence-electron chi connectivity index (χ4n) is 2.32. The van der Waals surface area contributed by atoms with E-state index in [1.165, 1.54) is 0 Å². The Balaban J connectivity index is 2.20. The van der Waals surface area contributed by atoms with Gasteiger partial charge in [0.15, 0.2) is 0 Å². The first-order chi connectivity index (χ1) is 10.1. The van der Waals surface area contributed by atoms with Gasteiger partial charge in [-0.2, -0.15) is 0 Å². The van der Waals surface area contributed by atoms with Crippen molar-refractivity contribution in [1.82, 2.24) is 4.98 Å². The molecule has 1 N–H and O–H groups in total. The van der Waals surface area contributed by atoms with Crippen molar-refractivity contribution >= 4 is 28.2 Å². The normalized spacial score (nSPS) is 10.8. The van der Waals surface area contributed by atoms with Crippen LogP contribution in [0, 0.1) is 6.07 Å². The summed E-state index contributed by atoms with van der Waals surface area (Å²) in [4.78, 5) is 6.35. The molecule has 0 saturated carbocycles. The van der Waals surface area contributed by atoms with E-state index in [4.69, 9.17) is 11.6 Å². The first kappa shape index (κ1) is 13.7. The number of nitrogens with zero attached hydrogens (tertiary/aromatic N) is 2. The summed E-state index contributed by atoms with van der Waals surface area (Å²) in [7, 11) is 3.96. The highest BCUT2D eigenvalue weighted by Crippen LogP contribution is 2.32. The first-order valence-electron chi connectivity index (χ1n) is 6.53. The first-order valence-corrected chi connectivity index (χ1v) is 6.91. The Morgan fingerprint density at radius 3 is 2.52 bits per heavy atom. The molecule has 0 bridgehead atoms. The van der Waals surface area contributed by atoms with Crippen molar-refractivity contribution in [2.45, 2.75) is 0 Å². The topological polar surface area (TPSA) is 36.4 Å². The lowest BCUT2D eigenvalue weighted by atomic mass is 10.0. The van der Waals surface area contributed by atoms with Gasteiger partial charge in [0.1, 0.15) is 5.75 Å². The molecule has 0 saturated heterocycles. The second kappa shape index (κ2) is 5.26. The molecule has 3 rings (SSSR count). The number of anilines is 1. The molecule has 3 aromatic rings. The van der Waals surface area contributed by atoms with E-state index in [1.54, 1.807) is 18.3 Å². The zero-order valence-corrected chi connectivity index (χ0v) is 12.5. The summed E-state index contributed by atoms with van der Waals surface area (Å²) in [5.41, 5.74) is 3.89. The van der Waals surface area contributed by atoms with Crippen molar-refractivity contribution in [2.24, 2.45) is 0 Å². The van der Waals surface area contributed by atoms with Crippen LogP contribution in [0.5, 0.6) is 5.75 Å². The number of phenols is 1. The Bertz CT molecular complexity index is 815. The third kappa shape index (κ3) is 2.52. The average Bonchev–Trinajstić information content (AvgIpc) is 2.48. The van der Waals surface area contributed by atoms with Crippen LogP contribution in [-0.4, -0.2) is 24.2 Å². The highest BCUT2D eigenvalue weighted by molar-refractivity contribution is 6.32. The number of phenolic OH excluding ortho intramolecular Hbond substituents is 1. The molecule has 1 radical (unpaired) electrons. The summed E-state index contributed by atoms with van der Waals surface area (Å²) >= 11 is 5.99. The Labute approximate surface area is 128 Å². The molecular formula is C17H14ClN2O. The minimum absolute atomic E-state index is 0.0881. The molecule has 105 valence electrons. The Hall–Kier alpha value is -2.26. The van der Waals surface area contributed by atoms with Crippen molar-refractivity contribution in [1.29, 1.82) is 0 Å². The fourth-order valence-corrected chi connectivity index (χ4v) is 2.50. The second-order valence-corrected chi connectivity index (χ2v) is 5.45. The maximum atomic E-state index is 9.53. The molecule has 1 heterocycles. The van der Waals surface area contributed by atoms with Gasteiger partial charge in [0, 0.05) is 31.7 Å². The molecule has 0 unspecified atom stereocenters. The van der Waals surface area contributed by atoms with Gasteiger partial charge in [-0.25, -0.2) is 0 Å². The molecule has 4 heteroatoms. The number of aromatic nitrogens is 1. The van der Waals surface area contributed by atoms with E-state index in [9.17, 15) is 5.11 Å². The Morgan fingerprint density at radius 2 is 1.81 bits per heavy atom. The van der Waals surface area contributed by atoms with Crippen molar-refractivity contribution in [2.75, 3.05) is 19.0 Å². The van der Waals surface area contributed by atoms with Gasteiger partial charge < -0.3 is 10.0 Å². The van der Waals surface area contributed by atoms with E-state index in [-0.39, 0.29) is 5.75 Å². The van der Waals surface area contributed by atoms with Crippen LogP contribution in [-0.2, 0) is 0 Å². The molecule has 0 aliphatic rings. The lowest BCUT2D eigenvalue weighted by molar-refractivity contribution is 0.475. The maximum absolute atomic E-state index is 9.53. The molecule has 0 atom stereocenters. The molecule has 0 aliphatic heterocycles. The van der Waals surface area contributed by atoms with E-state index in [0.29, 0.717) is 5.02 Å². The predicted octanol–water partition coefficient (Wildman–Crippen LogP) is 4.13. The van der Waals surface area contributed by atoms with E-state index < -0.39 is 0 Å². The van der Waals surface area contributed by atoms with Crippen molar-refractivity contribution in [3.05, 3.63) is 53.7 Å². The Kier molecular flexibility index (Phi) is 3.43. The highest BCUT2D eigenvalue weighted by Gasteiger charge is 2.08. The maximum Gasteiger partial charge on any atom is 0.134 e. The standard InChI is InChI=1S/C17H14ClN2O/c1-20(2)16-7-8-19-15-5-3-11(9-13(15)16)12-4-6-17(21)14(18)10-12/h3-6,8-10,21H,1-2H3. The number of benzene rings is 2. The van der Waals surface area contributed by atoms with E-state index in [1.807, 2.05) is 37.2 Å². The van der Waals surface area contributed by atoms with Crippen LogP contribution in [0.1, 0.15) is 0 Å². The summed E-state index contributed by atoms with van der Waals surface area (Å²) in [6.07, 6.45) is 1.69. The summed E-state index contributed by atoms with van der Waals surface area (Å²) in [6.45, 7) is 0. The number of fused-ring (bicyclic) bond motifs is 1. The van der Waals surface area contributed by atoms with E-state index in [2.05, 4.69) is 17.1 Å². The summed E-state index contributed by atoms with van der Waals surface area (Å²) < 4.78 is 0. The molecule has 0 aliphatic carbocycles. The third-order valence-corrected chi connectivity index (χ3v) is 3.69. The van der Waals surface area contributed by atoms with Crippen LogP contribution in [0.15, 0.2) is 42.6 Å². The molecule has 1 aromatic heterocycles. The van der Waals surface area contributed by atoms with Gasteiger partial charge in [-0.15, -0.1) is 0 Å². The minimum atomic E-state index is 0.0881. The second-order valence-electron chi connectivity index (χ2n) is 5.04. The van der Waals surface area contributed by atoms with Gasteiger partial charge in [-0.3, -0.25) is 4.98 Å². The van der Waals surface area contributed by atoms with E-state index >= 15 is 0 Å². The fraction of sp³-hybridized carbons (Fsp3) is 0.118. The number of pyridine rings is 1. The quantitative estimate of drug-likeness (QED) is 0.773. The van der Waals surface area contributed by atoms with Crippen LogP contribution in [0.2, 0.25) is 5.02 Å². The van der Waals surface area contributed by atoms with Gasteiger partial charge in [-0.05, 0) is 35.4 Å². The smallest absolute Gasteiger partial charge is 0.134 e. The van der Waals surface area contributed by atoms with Crippen LogP contribution in [0.4, 0.5) is 5.69 Å². The molecular weight excluding hydrogens is 284 g/mol. The number of hydrogen-bond acceptors (Lipinski definition) is 3. The van der Waals surface area contributed by atoms with Crippen molar-refractivity contribution < 1.29 is 5.11 Å². The zero-order chi connectivity index (χ0) is 15.0. The summed E-state index contributed by atoms with van der Waals surface area (Å²) in [5.74, 6) is 0.0881. The summed E-state index contributed by atoms with van der Waals surface area (Å²) in [6, 6.07) is 14.4. The number of hydrogen-bond donors (Lipinski definition) is 1. The van der Waals surface area contributed by atoms with Crippen molar-refractivity contribution in [3.8, 4) is 16.9 Å². The molecule has 3 nitrogen and oxygen atoms in total. The summed E-state index contributed by atoms with van der Waals surface area (Å²) in [5, 5.41) is 10.9. The van der Waals surface area contributed by atoms with Gasteiger partial charge in [-0.1, -0.05) is 23.7 Å². The van der Waals surface area contributed by atoms with Gasteiger partial charge in [0.2, 0.25) is 0 Å². The average molecular weight is 298 g/mol. The Morgan fingerprint density at radius 1 is 1.10 bits per heavy atom. The molecule has 2 aromatic carbocycles. The predicted molar refractivity (Wildman–Crippen MR) is 87.0 cm³/mol. The number of rotatable bonds is 2. The molecule has 0 spiro atoms. The SMILES string of the molecule is CN(C)c1[c]cnc2ccc(-c3ccc(O)c(Cl)c3)cc12. The van der Waals surface area contributed by atoms with Crippen LogP contribution in [0.3, 0.4) is 0 Å². The van der Waals surface area contributed by atoms with Crippen LogP contribution in [0.25, 0.3) is 22.0 Å². The third-order valence-electron chi connectivity index (χ3n) is 3.38.